The van der Waals surface area contributed by atoms with Gasteiger partial charge in [-0.2, -0.15) is 0 Å². The van der Waals surface area contributed by atoms with Crippen LogP contribution in [0, 0.1) is 0 Å². The van der Waals surface area contributed by atoms with E-state index in [1.54, 1.807) is 12.2 Å². The summed E-state index contributed by atoms with van der Waals surface area (Å²) in [6.45, 7) is 2.79. The van der Waals surface area contributed by atoms with Crippen molar-refractivity contribution in [2.45, 2.75) is 45.1 Å². The number of aromatic nitrogens is 1. The van der Waals surface area contributed by atoms with Gasteiger partial charge in [0, 0.05) is 24.7 Å². The number of rotatable bonds is 4. The number of hydrogen-bond donors (Lipinski definition) is 0. The molecule has 1 aromatic heterocycles. The molecular weight excluding hydrogens is 276 g/mol. The molecule has 2 aromatic rings. The van der Waals surface area contributed by atoms with Crippen LogP contribution in [0.1, 0.15) is 44.9 Å². The molecule has 1 aliphatic carbocycles. The average molecular weight is 298 g/mol. The molecule has 0 spiro atoms. The fraction of sp³-hybridized carbons (Fsp3) is 0.444. The summed E-state index contributed by atoms with van der Waals surface area (Å²) in [5.74, 6) is 0.533. The molecule has 0 aliphatic heterocycles. The second-order valence-electron chi connectivity index (χ2n) is 5.77. The van der Waals surface area contributed by atoms with Gasteiger partial charge in [0.15, 0.2) is 5.58 Å². The summed E-state index contributed by atoms with van der Waals surface area (Å²) in [7, 11) is 0. The third kappa shape index (κ3) is 3.21. The average Bonchev–Trinajstić information content (AvgIpc) is 2.97. The Hall–Kier alpha value is -2.10. The summed E-state index contributed by atoms with van der Waals surface area (Å²) in [5, 5.41) is 0. The van der Waals surface area contributed by atoms with Crippen LogP contribution in [0.2, 0.25) is 0 Å². The van der Waals surface area contributed by atoms with Crippen LogP contribution < -0.4 is 0 Å². The Labute approximate surface area is 130 Å². The molecule has 116 valence electrons. The molecule has 0 bridgehead atoms. The topological polar surface area (TPSA) is 46.3 Å². The largest absolute Gasteiger partial charge is 0.437 e. The molecule has 1 amide bonds. The number of oxazole rings is 1. The van der Waals surface area contributed by atoms with E-state index in [1.807, 2.05) is 36.1 Å². The second kappa shape index (κ2) is 6.77. The maximum Gasteiger partial charge on any atom is 0.246 e. The monoisotopic (exact) mass is 298 g/mol. The standard InChI is InChI=1S/C18H22N2O2/c1-2-20(14-8-4-3-5-9-14)18(21)13-12-17-19-15-10-6-7-11-16(15)22-17/h6-7,10-14H,2-5,8-9H2,1H3/b13-12+. The lowest BCUT2D eigenvalue weighted by Crippen LogP contribution is -2.40. The molecule has 1 aromatic carbocycles. The summed E-state index contributed by atoms with van der Waals surface area (Å²) in [4.78, 5) is 18.8. The predicted octanol–water partition coefficient (Wildman–Crippen LogP) is 4.02. The van der Waals surface area contributed by atoms with E-state index in [0.29, 0.717) is 11.9 Å². The molecule has 3 rings (SSSR count). The Balaban J connectivity index is 1.71. The first-order valence-corrected chi connectivity index (χ1v) is 8.12. The van der Waals surface area contributed by atoms with E-state index in [-0.39, 0.29) is 5.91 Å². The third-order valence-electron chi connectivity index (χ3n) is 4.32. The number of para-hydroxylation sites is 2. The first-order valence-electron chi connectivity index (χ1n) is 8.12. The molecule has 1 aliphatic rings. The van der Waals surface area contributed by atoms with Crippen LogP contribution >= 0.6 is 0 Å². The number of carbonyl (C=O) groups excluding carboxylic acids is 1. The van der Waals surface area contributed by atoms with Crippen molar-refractivity contribution in [1.29, 1.82) is 0 Å². The SMILES string of the molecule is CCN(C(=O)/C=C/c1nc2ccccc2o1)C1CCCCC1. The Morgan fingerprint density at radius 1 is 1.32 bits per heavy atom. The van der Waals surface area contributed by atoms with Crippen molar-refractivity contribution in [3.63, 3.8) is 0 Å². The van der Waals surface area contributed by atoms with E-state index in [0.717, 1.165) is 30.5 Å². The van der Waals surface area contributed by atoms with Gasteiger partial charge in [-0.05, 0) is 31.9 Å². The van der Waals surface area contributed by atoms with Gasteiger partial charge in [0.25, 0.3) is 0 Å². The van der Waals surface area contributed by atoms with Crippen LogP contribution in [0.5, 0.6) is 0 Å². The highest BCUT2D eigenvalue weighted by Crippen LogP contribution is 2.23. The van der Waals surface area contributed by atoms with Gasteiger partial charge in [-0.1, -0.05) is 31.4 Å². The molecule has 0 unspecified atom stereocenters. The number of likely N-dealkylation sites (N-methyl/N-ethyl adjacent to an activating group) is 1. The van der Waals surface area contributed by atoms with Gasteiger partial charge in [-0.15, -0.1) is 0 Å². The molecule has 4 nitrogen and oxygen atoms in total. The zero-order valence-corrected chi connectivity index (χ0v) is 13.0. The maximum absolute atomic E-state index is 12.4. The molecule has 0 radical (unpaired) electrons. The fourth-order valence-electron chi connectivity index (χ4n) is 3.19. The van der Waals surface area contributed by atoms with Crippen molar-refractivity contribution in [1.82, 2.24) is 9.88 Å². The summed E-state index contributed by atoms with van der Waals surface area (Å²) in [6, 6.07) is 8.00. The van der Waals surface area contributed by atoms with Crippen molar-refractivity contribution in [3.8, 4) is 0 Å². The summed E-state index contributed by atoms with van der Waals surface area (Å²) in [5.41, 5.74) is 1.56. The smallest absolute Gasteiger partial charge is 0.246 e. The van der Waals surface area contributed by atoms with E-state index in [1.165, 1.54) is 19.3 Å². The van der Waals surface area contributed by atoms with E-state index in [2.05, 4.69) is 4.98 Å². The highest BCUT2D eigenvalue weighted by Gasteiger charge is 2.22. The number of carbonyl (C=O) groups is 1. The number of fused-ring (bicyclic) bond motifs is 1. The molecule has 0 saturated heterocycles. The second-order valence-corrected chi connectivity index (χ2v) is 5.77. The van der Waals surface area contributed by atoms with Crippen molar-refractivity contribution < 1.29 is 9.21 Å². The molecule has 22 heavy (non-hydrogen) atoms. The Kier molecular flexibility index (Phi) is 4.56. The van der Waals surface area contributed by atoms with Gasteiger partial charge < -0.3 is 9.32 Å². The first-order chi connectivity index (χ1) is 10.8. The van der Waals surface area contributed by atoms with Crippen LogP contribution in [0.4, 0.5) is 0 Å². The Morgan fingerprint density at radius 2 is 2.09 bits per heavy atom. The minimum atomic E-state index is 0.0525. The quantitative estimate of drug-likeness (QED) is 0.801. The Morgan fingerprint density at radius 3 is 2.82 bits per heavy atom. The summed E-state index contributed by atoms with van der Waals surface area (Å²) in [6.07, 6.45) is 9.25. The van der Waals surface area contributed by atoms with Crippen LogP contribution in [-0.4, -0.2) is 28.4 Å². The lowest BCUT2D eigenvalue weighted by Gasteiger charge is -2.32. The van der Waals surface area contributed by atoms with E-state index >= 15 is 0 Å². The summed E-state index contributed by atoms with van der Waals surface area (Å²) < 4.78 is 5.61. The number of nitrogens with zero attached hydrogens (tertiary/aromatic N) is 2. The summed E-state index contributed by atoms with van der Waals surface area (Å²) >= 11 is 0. The maximum atomic E-state index is 12.4. The molecular formula is C18H22N2O2. The van der Waals surface area contributed by atoms with Gasteiger partial charge in [-0.25, -0.2) is 4.98 Å². The normalized spacial score (nSPS) is 16.4. The van der Waals surface area contributed by atoms with Crippen molar-refractivity contribution in [3.05, 3.63) is 36.2 Å². The molecule has 0 atom stereocenters. The molecule has 1 fully saturated rings. The van der Waals surface area contributed by atoms with Crippen LogP contribution in [0.15, 0.2) is 34.8 Å². The van der Waals surface area contributed by atoms with Gasteiger partial charge in [0.05, 0.1) is 0 Å². The highest BCUT2D eigenvalue weighted by molar-refractivity contribution is 5.91. The number of benzene rings is 1. The van der Waals surface area contributed by atoms with Crippen molar-refractivity contribution >= 4 is 23.1 Å². The highest BCUT2D eigenvalue weighted by atomic mass is 16.3. The first kappa shape index (κ1) is 14.8. The third-order valence-corrected chi connectivity index (χ3v) is 4.32. The van der Waals surface area contributed by atoms with Gasteiger partial charge in [0.1, 0.15) is 5.52 Å². The zero-order valence-electron chi connectivity index (χ0n) is 13.0. The van der Waals surface area contributed by atoms with E-state index < -0.39 is 0 Å². The molecule has 4 heteroatoms. The van der Waals surface area contributed by atoms with Crippen molar-refractivity contribution in [2.75, 3.05) is 6.54 Å². The molecule has 1 saturated carbocycles. The lowest BCUT2D eigenvalue weighted by molar-refractivity contribution is -0.128. The van der Waals surface area contributed by atoms with E-state index in [9.17, 15) is 4.79 Å². The molecule has 0 N–H and O–H groups in total. The minimum Gasteiger partial charge on any atom is -0.437 e. The van der Waals surface area contributed by atoms with Gasteiger partial charge >= 0.3 is 0 Å². The minimum absolute atomic E-state index is 0.0525. The lowest BCUT2D eigenvalue weighted by atomic mass is 9.94. The number of amides is 1. The Bertz CT molecular complexity index is 636. The fourth-order valence-corrected chi connectivity index (χ4v) is 3.19. The molecule has 1 heterocycles. The predicted molar refractivity (Wildman–Crippen MR) is 87.3 cm³/mol. The van der Waals surface area contributed by atoms with Crippen LogP contribution in [-0.2, 0) is 4.79 Å². The number of hydrogen-bond acceptors (Lipinski definition) is 3. The zero-order chi connectivity index (χ0) is 15.4. The van der Waals surface area contributed by atoms with Crippen LogP contribution in [0.25, 0.3) is 17.2 Å². The van der Waals surface area contributed by atoms with Crippen LogP contribution in [0.3, 0.4) is 0 Å². The van der Waals surface area contributed by atoms with Crippen molar-refractivity contribution in [2.24, 2.45) is 0 Å². The van der Waals surface area contributed by atoms with Gasteiger partial charge in [0.2, 0.25) is 11.8 Å². The van der Waals surface area contributed by atoms with E-state index in [4.69, 9.17) is 4.42 Å². The van der Waals surface area contributed by atoms with Gasteiger partial charge in [-0.3, -0.25) is 4.79 Å².